The second-order valence-corrected chi connectivity index (χ2v) is 6.08. The third-order valence-electron chi connectivity index (χ3n) is 3.16. The minimum absolute atomic E-state index is 0.233. The Morgan fingerprint density at radius 1 is 1.25 bits per heavy atom. The number of hydrogen-bond acceptors (Lipinski definition) is 5. The predicted molar refractivity (Wildman–Crippen MR) is 82.2 cm³/mol. The first kappa shape index (κ1) is 13.1. The lowest BCUT2D eigenvalue weighted by Gasteiger charge is -2.12. The SMILES string of the molecule is CC(C)c1nc2cc(NC(C)c3cncs3)ccc2o1. The number of thiazole rings is 1. The van der Waals surface area contributed by atoms with Crippen molar-refractivity contribution in [3.05, 3.63) is 40.7 Å². The summed E-state index contributed by atoms with van der Waals surface area (Å²) in [6.45, 7) is 6.28. The molecule has 3 aromatic rings. The molecule has 0 radical (unpaired) electrons. The fourth-order valence-electron chi connectivity index (χ4n) is 2.04. The molecule has 0 bridgehead atoms. The number of nitrogens with one attached hydrogen (secondary N) is 1. The van der Waals surface area contributed by atoms with E-state index in [4.69, 9.17) is 4.42 Å². The molecule has 0 amide bonds. The number of anilines is 1. The molecule has 0 fully saturated rings. The molecule has 0 spiro atoms. The summed E-state index contributed by atoms with van der Waals surface area (Å²) in [5.41, 5.74) is 4.63. The molecule has 1 N–H and O–H groups in total. The van der Waals surface area contributed by atoms with Crippen molar-refractivity contribution in [2.24, 2.45) is 0 Å². The first-order chi connectivity index (χ1) is 9.63. The summed E-state index contributed by atoms with van der Waals surface area (Å²) in [7, 11) is 0. The fourth-order valence-corrected chi connectivity index (χ4v) is 2.67. The zero-order valence-electron chi connectivity index (χ0n) is 11.8. The molecule has 4 nitrogen and oxygen atoms in total. The second-order valence-electron chi connectivity index (χ2n) is 5.16. The van der Waals surface area contributed by atoms with E-state index in [2.05, 4.69) is 36.1 Å². The van der Waals surface area contributed by atoms with E-state index in [9.17, 15) is 0 Å². The highest BCUT2D eigenvalue weighted by atomic mass is 32.1. The zero-order valence-corrected chi connectivity index (χ0v) is 12.6. The van der Waals surface area contributed by atoms with Gasteiger partial charge in [-0.15, -0.1) is 11.3 Å². The first-order valence-corrected chi connectivity index (χ1v) is 7.57. The maximum absolute atomic E-state index is 5.71. The highest BCUT2D eigenvalue weighted by molar-refractivity contribution is 7.09. The van der Waals surface area contributed by atoms with Crippen LogP contribution in [0, 0.1) is 0 Å². The minimum Gasteiger partial charge on any atom is -0.440 e. The van der Waals surface area contributed by atoms with Gasteiger partial charge in [-0.2, -0.15) is 0 Å². The van der Waals surface area contributed by atoms with Crippen molar-refractivity contribution < 1.29 is 4.42 Å². The van der Waals surface area contributed by atoms with Crippen LogP contribution >= 0.6 is 11.3 Å². The minimum atomic E-state index is 0.233. The van der Waals surface area contributed by atoms with Crippen LogP contribution < -0.4 is 5.32 Å². The normalized spacial score (nSPS) is 13.0. The quantitative estimate of drug-likeness (QED) is 0.763. The summed E-state index contributed by atoms with van der Waals surface area (Å²) < 4.78 is 5.71. The van der Waals surface area contributed by atoms with Gasteiger partial charge in [-0.1, -0.05) is 13.8 Å². The van der Waals surface area contributed by atoms with Crippen LogP contribution in [0.25, 0.3) is 11.1 Å². The highest BCUT2D eigenvalue weighted by Crippen LogP contribution is 2.26. The van der Waals surface area contributed by atoms with Crippen LogP contribution in [0.15, 0.2) is 34.3 Å². The lowest BCUT2D eigenvalue weighted by molar-refractivity contribution is 0.501. The van der Waals surface area contributed by atoms with Gasteiger partial charge in [-0.3, -0.25) is 4.98 Å². The molecule has 1 aromatic carbocycles. The maximum Gasteiger partial charge on any atom is 0.198 e. The monoisotopic (exact) mass is 287 g/mol. The molecular weight excluding hydrogens is 270 g/mol. The van der Waals surface area contributed by atoms with Gasteiger partial charge in [0.2, 0.25) is 0 Å². The number of rotatable bonds is 4. The number of fused-ring (bicyclic) bond motifs is 1. The number of benzene rings is 1. The van der Waals surface area contributed by atoms with E-state index in [1.54, 1.807) is 11.3 Å². The van der Waals surface area contributed by atoms with Gasteiger partial charge >= 0.3 is 0 Å². The Morgan fingerprint density at radius 3 is 2.80 bits per heavy atom. The summed E-state index contributed by atoms with van der Waals surface area (Å²) in [5, 5.41) is 3.46. The van der Waals surface area contributed by atoms with Gasteiger partial charge in [-0.05, 0) is 25.1 Å². The van der Waals surface area contributed by atoms with Gasteiger partial charge in [0.05, 0.1) is 11.6 Å². The van der Waals surface area contributed by atoms with Gasteiger partial charge in [0.1, 0.15) is 5.52 Å². The average Bonchev–Trinajstić information content (AvgIpc) is 3.07. The Hall–Kier alpha value is -1.88. The summed E-state index contributed by atoms with van der Waals surface area (Å²) in [5.74, 6) is 1.09. The van der Waals surface area contributed by atoms with Gasteiger partial charge in [0.25, 0.3) is 0 Å². The molecule has 0 aliphatic rings. The van der Waals surface area contributed by atoms with Crippen molar-refractivity contribution in [2.45, 2.75) is 32.7 Å². The van der Waals surface area contributed by atoms with Crippen LogP contribution in [-0.2, 0) is 0 Å². The fraction of sp³-hybridized carbons (Fsp3) is 0.333. The largest absolute Gasteiger partial charge is 0.440 e. The van der Waals surface area contributed by atoms with E-state index in [-0.39, 0.29) is 6.04 Å². The van der Waals surface area contributed by atoms with E-state index < -0.39 is 0 Å². The molecule has 2 aromatic heterocycles. The topological polar surface area (TPSA) is 51.0 Å². The van der Waals surface area contributed by atoms with Crippen LogP contribution in [0.5, 0.6) is 0 Å². The number of nitrogens with zero attached hydrogens (tertiary/aromatic N) is 2. The summed E-state index contributed by atoms with van der Waals surface area (Å²) in [4.78, 5) is 9.85. The van der Waals surface area contributed by atoms with Crippen molar-refractivity contribution >= 4 is 28.1 Å². The van der Waals surface area contributed by atoms with E-state index in [1.807, 2.05) is 29.9 Å². The first-order valence-electron chi connectivity index (χ1n) is 6.69. The van der Waals surface area contributed by atoms with Gasteiger partial charge < -0.3 is 9.73 Å². The number of hydrogen-bond donors (Lipinski definition) is 1. The smallest absolute Gasteiger partial charge is 0.198 e. The average molecular weight is 287 g/mol. The van der Waals surface area contributed by atoms with Gasteiger partial charge in [0, 0.05) is 22.7 Å². The molecule has 104 valence electrons. The molecule has 20 heavy (non-hydrogen) atoms. The van der Waals surface area contributed by atoms with Crippen LogP contribution in [0.4, 0.5) is 5.69 Å². The summed E-state index contributed by atoms with van der Waals surface area (Å²) >= 11 is 1.65. The van der Waals surface area contributed by atoms with E-state index in [0.717, 1.165) is 22.7 Å². The van der Waals surface area contributed by atoms with Crippen molar-refractivity contribution in [1.29, 1.82) is 0 Å². The zero-order chi connectivity index (χ0) is 14.1. The molecule has 0 saturated heterocycles. The van der Waals surface area contributed by atoms with Crippen LogP contribution in [0.2, 0.25) is 0 Å². The van der Waals surface area contributed by atoms with Gasteiger partial charge in [-0.25, -0.2) is 4.98 Å². The van der Waals surface area contributed by atoms with E-state index in [1.165, 1.54) is 4.88 Å². The Kier molecular flexibility index (Phi) is 3.44. The van der Waals surface area contributed by atoms with Crippen LogP contribution in [0.1, 0.15) is 43.5 Å². The number of oxazole rings is 1. The van der Waals surface area contributed by atoms with Crippen LogP contribution in [0.3, 0.4) is 0 Å². The Labute approximate surface area is 121 Å². The van der Waals surface area contributed by atoms with Gasteiger partial charge in [0.15, 0.2) is 11.5 Å². The van der Waals surface area contributed by atoms with E-state index in [0.29, 0.717) is 5.92 Å². The molecule has 1 atom stereocenters. The molecule has 2 heterocycles. The maximum atomic E-state index is 5.71. The third kappa shape index (κ3) is 2.54. The molecule has 3 rings (SSSR count). The lowest BCUT2D eigenvalue weighted by atomic mass is 10.2. The highest BCUT2D eigenvalue weighted by Gasteiger charge is 2.11. The summed E-state index contributed by atoms with van der Waals surface area (Å²) in [6, 6.07) is 6.25. The van der Waals surface area contributed by atoms with Crippen molar-refractivity contribution in [1.82, 2.24) is 9.97 Å². The Balaban J connectivity index is 1.85. The number of aromatic nitrogens is 2. The van der Waals surface area contributed by atoms with Crippen molar-refractivity contribution in [2.75, 3.05) is 5.32 Å². The Bertz CT molecular complexity index is 703. The third-order valence-corrected chi connectivity index (χ3v) is 4.12. The second kappa shape index (κ2) is 5.25. The van der Waals surface area contributed by atoms with Crippen molar-refractivity contribution in [3.63, 3.8) is 0 Å². The van der Waals surface area contributed by atoms with Crippen LogP contribution in [-0.4, -0.2) is 9.97 Å². The van der Waals surface area contributed by atoms with Crippen molar-refractivity contribution in [3.8, 4) is 0 Å². The molecule has 0 saturated carbocycles. The summed E-state index contributed by atoms with van der Waals surface area (Å²) in [6.07, 6.45) is 1.90. The Morgan fingerprint density at radius 2 is 2.10 bits per heavy atom. The molecule has 5 heteroatoms. The standard InChI is InChI=1S/C15H17N3OS/c1-9(2)15-18-12-6-11(4-5-13(12)19-15)17-10(3)14-7-16-8-20-14/h4-10,17H,1-3H3. The molecule has 1 unspecified atom stereocenters. The van der Waals surface area contributed by atoms with E-state index >= 15 is 0 Å². The molecule has 0 aliphatic heterocycles. The molecule has 0 aliphatic carbocycles. The molecular formula is C15H17N3OS. The predicted octanol–water partition coefficient (Wildman–Crippen LogP) is 4.58. The lowest BCUT2D eigenvalue weighted by Crippen LogP contribution is -2.04.